The Morgan fingerprint density at radius 1 is 1.28 bits per heavy atom. The maximum absolute atomic E-state index is 12.0. The largest absolute Gasteiger partial charge is 0.480 e. The van der Waals surface area contributed by atoms with Crippen LogP contribution in [0.3, 0.4) is 0 Å². The molecule has 0 aliphatic heterocycles. The molecule has 0 aromatic carbocycles. The van der Waals surface area contributed by atoms with Gasteiger partial charge in [0.1, 0.15) is 6.54 Å². The number of hydrogen-bond donors (Lipinski definition) is 3. The van der Waals surface area contributed by atoms with Crippen LogP contribution in [-0.2, 0) is 14.4 Å². The zero-order valence-corrected chi connectivity index (χ0v) is 10.2. The predicted molar refractivity (Wildman–Crippen MR) is 63.4 cm³/mol. The van der Waals surface area contributed by atoms with Crippen LogP contribution in [0.15, 0.2) is 0 Å². The molecule has 0 spiro atoms. The lowest BCUT2D eigenvalue weighted by Crippen LogP contribution is -2.50. The zero-order valence-electron chi connectivity index (χ0n) is 10.2. The first kappa shape index (κ1) is 14.4. The van der Waals surface area contributed by atoms with Gasteiger partial charge in [0.25, 0.3) is 0 Å². The Bertz CT molecular complexity index is 339. The summed E-state index contributed by atoms with van der Waals surface area (Å²) in [4.78, 5) is 34.8. The number of carbonyl (C=O) groups is 3. The molecule has 102 valence electrons. The highest BCUT2D eigenvalue weighted by molar-refractivity contribution is 5.89. The number of amides is 2. The predicted octanol–water partition coefficient (Wildman–Crippen LogP) is -0.955. The topological polar surface area (TPSA) is 127 Å². The van der Waals surface area contributed by atoms with Crippen molar-refractivity contribution >= 4 is 17.8 Å². The monoisotopic (exact) mass is 257 g/mol. The molecule has 0 bridgehead atoms. The summed E-state index contributed by atoms with van der Waals surface area (Å²) in [5.41, 5.74) is 10.6. The van der Waals surface area contributed by atoms with E-state index in [1.807, 2.05) is 0 Å². The van der Waals surface area contributed by atoms with E-state index in [0.29, 0.717) is 0 Å². The standard InChI is InChI=1S/C11H19N3O4/c12-8(5-9(13)15)11(18)14(6-10(16)17)7-3-1-2-4-7/h7-8H,1-6,12H2,(H2,13,15)(H,16,17). The first-order valence-corrected chi connectivity index (χ1v) is 5.98. The lowest BCUT2D eigenvalue weighted by atomic mass is 10.1. The summed E-state index contributed by atoms with van der Waals surface area (Å²) in [5.74, 6) is -2.26. The van der Waals surface area contributed by atoms with Gasteiger partial charge in [0.15, 0.2) is 0 Å². The minimum Gasteiger partial charge on any atom is -0.480 e. The molecule has 1 aliphatic rings. The van der Waals surface area contributed by atoms with Crippen LogP contribution >= 0.6 is 0 Å². The number of nitrogens with zero attached hydrogens (tertiary/aromatic N) is 1. The molecule has 1 saturated carbocycles. The van der Waals surface area contributed by atoms with Gasteiger partial charge in [-0.25, -0.2) is 0 Å². The van der Waals surface area contributed by atoms with Crippen molar-refractivity contribution in [3.63, 3.8) is 0 Å². The fourth-order valence-electron chi connectivity index (χ4n) is 2.27. The third-order valence-corrected chi connectivity index (χ3v) is 3.09. The molecular formula is C11H19N3O4. The Morgan fingerprint density at radius 2 is 1.83 bits per heavy atom. The average molecular weight is 257 g/mol. The summed E-state index contributed by atoms with van der Waals surface area (Å²) in [6, 6.07) is -1.14. The van der Waals surface area contributed by atoms with Gasteiger partial charge in [-0.3, -0.25) is 14.4 Å². The minimum atomic E-state index is -1.08. The van der Waals surface area contributed by atoms with Gasteiger partial charge in [0.05, 0.1) is 12.5 Å². The molecule has 2 amide bonds. The van der Waals surface area contributed by atoms with Crippen molar-refractivity contribution in [2.24, 2.45) is 11.5 Å². The number of carboxylic acid groups (broad SMARTS) is 1. The van der Waals surface area contributed by atoms with Gasteiger partial charge in [0, 0.05) is 6.04 Å². The van der Waals surface area contributed by atoms with Crippen LogP contribution in [0.1, 0.15) is 32.1 Å². The van der Waals surface area contributed by atoms with Gasteiger partial charge in [-0.1, -0.05) is 12.8 Å². The van der Waals surface area contributed by atoms with Crippen molar-refractivity contribution in [3.05, 3.63) is 0 Å². The van der Waals surface area contributed by atoms with Gasteiger partial charge >= 0.3 is 5.97 Å². The quantitative estimate of drug-likeness (QED) is 0.565. The van der Waals surface area contributed by atoms with Crippen molar-refractivity contribution in [2.45, 2.75) is 44.2 Å². The SMILES string of the molecule is NC(=O)CC(N)C(=O)N(CC(=O)O)C1CCCC1. The highest BCUT2D eigenvalue weighted by Gasteiger charge is 2.31. The number of carbonyl (C=O) groups excluding carboxylic acids is 2. The number of aliphatic carboxylic acids is 1. The van der Waals surface area contributed by atoms with Gasteiger partial charge in [-0.05, 0) is 12.8 Å². The van der Waals surface area contributed by atoms with Crippen molar-refractivity contribution in [3.8, 4) is 0 Å². The summed E-state index contributed by atoms with van der Waals surface area (Å²) < 4.78 is 0. The number of carboxylic acids is 1. The normalized spacial score (nSPS) is 17.4. The molecule has 1 aliphatic carbocycles. The summed E-state index contributed by atoms with van der Waals surface area (Å²) in [5, 5.41) is 8.83. The number of nitrogens with two attached hydrogens (primary N) is 2. The summed E-state index contributed by atoms with van der Waals surface area (Å²) >= 11 is 0. The molecule has 0 aromatic rings. The highest BCUT2D eigenvalue weighted by Crippen LogP contribution is 2.24. The first-order valence-electron chi connectivity index (χ1n) is 5.98. The second-order valence-corrected chi connectivity index (χ2v) is 4.58. The van der Waals surface area contributed by atoms with Crippen molar-refractivity contribution in [2.75, 3.05) is 6.54 Å². The van der Waals surface area contributed by atoms with Crippen LogP contribution in [0.5, 0.6) is 0 Å². The van der Waals surface area contributed by atoms with E-state index in [0.717, 1.165) is 25.7 Å². The maximum atomic E-state index is 12.0. The molecule has 0 heterocycles. The molecule has 18 heavy (non-hydrogen) atoms. The smallest absolute Gasteiger partial charge is 0.323 e. The van der Waals surface area contributed by atoms with Gasteiger partial charge in [0.2, 0.25) is 11.8 Å². The molecule has 1 atom stereocenters. The number of rotatable bonds is 6. The molecule has 7 nitrogen and oxygen atoms in total. The molecule has 0 aromatic heterocycles. The van der Waals surface area contributed by atoms with Gasteiger partial charge in [-0.2, -0.15) is 0 Å². The van der Waals surface area contributed by atoms with E-state index in [2.05, 4.69) is 0 Å². The Balaban J connectivity index is 2.71. The molecular weight excluding hydrogens is 238 g/mol. The lowest BCUT2D eigenvalue weighted by Gasteiger charge is -2.29. The molecule has 0 radical (unpaired) electrons. The van der Waals surface area contributed by atoms with Crippen LogP contribution < -0.4 is 11.5 Å². The summed E-state index contributed by atoms with van der Waals surface area (Å²) in [6.45, 7) is -0.379. The molecule has 1 fully saturated rings. The Morgan fingerprint density at radius 3 is 2.28 bits per heavy atom. The van der Waals surface area contributed by atoms with E-state index < -0.39 is 23.8 Å². The third-order valence-electron chi connectivity index (χ3n) is 3.09. The van der Waals surface area contributed by atoms with Crippen LogP contribution in [-0.4, -0.2) is 46.4 Å². The second kappa shape index (κ2) is 6.34. The molecule has 1 rings (SSSR count). The molecule has 7 heteroatoms. The van der Waals surface area contributed by atoms with E-state index in [1.165, 1.54) is 4.90 Å². The second-order valence-electron chi connectivity index (χ2n) is 4.58. The van der Waals surface area contributed by atoms with Crippen LogP contribution in [0, 0.1) is 0 Å². The lowest BCUT2D eigenvalue weighted by molar-refractivity contribution is -0.147. The van der Waals surface area contributed by atoms with E-state index in [-0.39, 0.29) is 19.0 Å². The van der Waals surface area contributed by atoms with Crippen molar-refractivity contribution < 1.29 is 19.5 Å². The third kappa shape index (κ3) is 3.99. The van der Waals surface area contributed by atoms with E-state index in [9.17, 15) is 14.4 Å². The van der Waals surface area contributed by atoms with E-state index in [1.54, 1.807) is 0 Å². The van der Waals surface area contributed by atoms with Gasteiger partial charge < -0.3 is 21.5 Å². The summed E-state index contributed by atoms with van der Waals surface area (Å²) in [7, 11) is 0. The Hall–Kier alpha value is -1.63. The fraction of sp³-hybridized carbons (Fsp3) is 0.727. The minimum absolute atomic E-state index is 0.0903. The molecule has 1 unspecified atom stereocenters. The van der Waals surface area contributed by atoms with Crippen LogP contribution in [0.25, 0.3) is 0 Å². The van der Waals surface area contributed by atoms with Crippen molar-refractivity contribution in [1.29, 1.82) is 0 Å². The van der Waals surface area contributed by atoms with E-state index in [4.69, 9.17) is 16.6 Å². The highest BCUT2D eigenvalue weighted by atomic mass is 16.4. The number of primary amides is 1. The van der Waals surface area contributed by atoms with Gasteiger partial charge in [-0.15, -0.1) is 0 Å². The molecule has 5 N–H and O–H groups in total. The summed E-state index contributed by atoms with van der Waals surface area (Å²) in [6.07, 6.45) is 3.24. The zero-order chi connectivity index (χ0) is 13.7. The van der Waals surface area contributed by atoms with Crippen LogP contribution in [0.2, 0.25) is 0 Å². The first-order chi connectivity index (χ1) is 8.41. The average Bonchev–Trinajstić information content (AvgIpc) is 2.76. The molecule has 0 saturated heterocycles. The Kier molecular flexibility index (Phi) is 5.08. The number of hydrogen-bond acceptors (Lipinski definition) is 4. The fourth-order valence-corrected chi connectivity index (χ4v) is 2.27. The maximum Gasteiger partial charge on any atom is 0.323 e. The van der Waals surface area contributed by atoms with E-state index >= 15 is 0 Å². The van der Waals surface area contributed by atoms with Crippen molar-refractivity contribution in [1.82, 2.24) is 4.90 Å². The Labute approximate surface area is 105 Å². The van der Waals surface area contributed by atoms with Crippen LogP contribution in [0.4, 0.5) is 0 Å².